The van der Waals surface area contributed by atoms with Gasteiger partial charge in [0.2, 0.25) is 0 Å². The molecule has 2 rings (SSSR count). The molecule has 1 N–H and O–H groups in total. The number of carbonyl (C=O) groups is 1. The van der Waals surface area contributed by atoms with Gasteiger partial charge in [0, 0.05) is 24.8 Å². The van der Waals surface area contributed by atoms with E-state index in [-0.39, 0.29) is 17.4 Å². The van der Waals surface area contributed by atoms with Gasteiger partial charge in [-0.15, -0.1) is 0 Å². The summed E-state index contributed by atoms with van der Waals surface area (Å²) in [5.74, 6) is -0.346. The number of hydrogen-bond donors (Lipinski definition) is 1. The van der Waals surface area contributed by atoms with Crippen LogP contribution in [0, 0.1) is 6.92 Å². The predicted molar refractivity (Wildman–Crippen MR) is 83.5 cm³/mol. The number of aryl methyl sites for hydroxylation is 2. The number of alkyl halides is 2. The Labute approximate surface area is 138 Å². The van der Waals surface area contributed by atoms with E-state index in [0.29, 0.717) is 18.7 Å². The molecule has 24 heavy (non-hydrogen) atoms. The Kier molecular flexibility index (Phi) is 6.11. The topological polar surface area (TPSA) is 65.4 Å². The standard InChI is InChI=1S/C16H19F2N3O3/c1-11-6-9-21(20-11)8-3-7-19-15(22)12-4-5-13(24-16(17)18)14(10-12)23-2/h4-6,9-10,16H,3,7-8H2,1-2H3,(H,19,22). The molecule has 0 aliphatic carbocycles. The van der Waals surface area contributed by atoms with E-state index in [1.165, 1.54) is 25.3 Å². The van der Waals surface area contributed by atoms with E-state index >= 15 is 0 Å². The van der Waals surface area contributed by atoms with Crippen molar-refractivity contribution in [2.24, 2.45) is 0 Å². The molecule has 1 aromatic carbocycles. The van der Waals surface area contributed by atoms with Crippen molar-refractivity contribution in [1.29, 1.82) is 0 Å². The van der Waals surface area contributed by atoms with Crippen LogP contribution < -0.4 is 14.8 Å². The lowest BCUT2D eigenvalue weighted by molar-refractivity contribution is -0.0512. The molecule has 0 radical (unpaired) electrons. The van der Waals surface area contributed by atoms with Crippen LogP contribution in [0.15, 0.2) is 30.5 Å². The minimum Gasteiger partial charge on any atom is -0.493 e. The van der Waals surface area contributed by atoms with Gasteiger partial charge in [-0.2, -0.15) is 13.9 Å². The average molecular weight is 339 g/mol. The van der Waals surface area contributed by atoms with Crippen LogP contribution in [0.3, 0.4) is 0 Å². The van der Waals surface area contributed by atoms with Crippen LogP contribution >= 0.6 is 0 Å². The normalized spacial score (nSPS) is 10.7. The van der Waals surface area contributed by atoms with Gasteiger partial charge in [-0.3, -0.25) is 9.48 Å². The fraction of sp³-hybridized carbons (Fsp3) is 0.375. The molecule has 8 heteroatoms. The maximum absolute atomic E-state index is 12.3. The lowest BCUT2D eigenvalue weighted by Gasteiger charge is -2.11. The number of benzene rings is 1. The van der Waals surface area contributed by atoms with E-state index in [1.807, 2.05) is 19.2 Å². The van der Waals surface area contributed by atoms with Gasteiger partial charge in [0.15, 0.2) is 11.5 Å². The van der Waals surface area contributed by atoms with Crippen LogP contribution in [0.5, 0.6) is 11.5 Å². The van der Waals surface area contributed by atoms with Gasteiger partial charge in [-0.25, -0.2) is 0 Å². The van der Waals surface area contributed by atoms with Gasteiger partial charge in [0.05, 0.1) is 12.8 Å². The number of rotatable bonds is 8. The number of amides is 1. The van der Waals surface area contributed by atoms with Gasteiger partial charge < -0.3 is 14.8 Å². The molecule has 0 spiro atoms. The zero-order valence-corrected chi connectivity index (χ0v) is 13.5. The van der Waals surface area contributed by atoms with Crippen molar-refractivity contribution in [3.63, 3.8) is 0 Å². The lowest BCUT2D eigenvalue weighted by atomic mass is 10.2. The number of nitrogens with one attached hydrogen (secondary N) is 1. The molecule has 0 saturated carbocycles. The highest BCUT2D eigenvalue weighted by Crippen LogP contribution is 2.29. The molecule has 0 bridgehead atoms. The van der Waals surface area contributed by atoms with E-state index in [4.69, 9.17) is 4.74 Å². The Bertz CT molecular complexity index is 689. The summed E-state index contributed by atoms with van der Waals surface area (Å²) in [6.45, 7) is 0.116. The second-order valence-corrected chi connectivity index (χ2v) is 5.07. The third-order valence-electron chi connectivity index (χ3n) is 3.27. The van der Waals surface area contributed by atoms with Crippen molar-refractivity contribution < 1.29 is 23.0 Å². The third kappa shape index (κ3) is 4.94. The highest BCUT2D eigenvalue weighted by atomic mass is 19.3. The monoisotopic (exact) mass is 339 g/mol. The van der Waals surface area contributed by atoms with E-state index in [2.05, 4.69) is 15.2 Å². The number of hydrogen-bond acceptors (Lipinski definition) is 4. The molecular formula is C16H19F2N3O3. The number of methoxy groups -OCH3 is 1. The molecule has 1 aromatic heterocycles. The first kappa shape index (κ1) is 17.7. The quantitative estimate of drug-likeness (QED) is 0.751. The van der Waals surface area contributed by atoms with Gasteiger partial charge >= 0.3 is 6.61 Å². The summed E-state index contributed by atoms with van der Waals surface area (Å²) in [5, 5.41) is 7.02. The van der Waals surface area contributed by atoms with Crippen molar-refractivity contribution in [2.75, 3.05) is 13.7 Å². The fourth-order valence-corrected chi connectivity index (χ4v) is 2.13. The predicted octanol–water partition coefficient (Wildman–Crippen LogP) is 2.62. The van der Waals surface area contributed by atoms with Crippen molar-refractivity contribution in [3.05, 3.63) is 41.7 Å². The van der Waals surface area contributed by atoms with Gasteiger partial charge in [0.1, 0.15) is 0 Å². The first-order chi connectivity index (χ1) is 11.5. The summed E-state index contributed by atoms with van der Waals surface area (Å²) in [7, 11) is 1.32. The smallest absolute Gasteiger partial charge is 0.387 e. The highest BCUT2D eigenvalue weighted by molar-refractivity contribution is 5.94. The van der Waals surface area contributed by atoms with E-state index < -0.39 is 6.61 Å². The third-order valence-corrected chi connectivity index (χ3v) is 3.27. The Balaban J connectivity index is 1.87. The molecule has 6 nitrogen and oxygen atoms in total. The highest BCUT2D eigenvalue weighted by Gasteiger charge is 2.14. The van der Waals surface area contributed by atoms with Crippen molar-refractivity contribution in [3.8, 4) is 11.5 Å². The first-order valence-corrected chi connectivity index (χ1v) is 7.40. The largest absolute Gasteiger partial charge is 0.493 e. The van der Waals surface area contributed by atoms with Crippen LogP contribution in [0.1, 0.15) is 22.5 Å². The van der Waals surface area contributed by atoms with Gasteiger partial charge in [0.25, 0.3) is 5.91 Å². The molecule has 0 aliphatic heterocycles. The Morgan fingerprint density at radius 3 is 2.75 bits per heavy atom. The van der Waals surface area contributed by atoms with Crippen molar-refractivity contribution in [1.82, 2.24) is 15.1 Å². The fourth-order valence-electron chi connectivity index (χ4n) is 2.13. The summed E-state index contributed by atoms with van der Waals surface area (Å²) >= 11 is 0. The molecule has 0 fully saturated rings. The second kappa shape index (κ2) is 8.28. The molecule has 130 valence electrons. The van der Waals surface area contributed by atoms with E-state index in [1.54, 1.807) is 4.68 Å². The summed E-state index contributed by atoms with van der Waals surface area (Å²) in [6.07, 6.45) is 2.60. The zero-order valence-electron chi connectivity index (χ0n) is 13.5. The molecule has 0 unspecified atom stereocenters. The Morgan fingerprint density at radius 2 is 2.12 bits per heavy atom. The van der Waals surface area contributed by atoms with Crippen LogP contribution in [0.2, 0.25) is 0 Å². The molecule has 2 aromatic rings. The Hall–Kier alpha value is -2.64. The summed E-state index contributed by atoms with van der Waals surface area (Å²) in [4.78, 5) is 12.1. The van der Waals surface area contributed by atoms with Crippen LogP contribution in [-0.4, -0.2) is 36.0 Å². The van der Waals surface area contributed by atoms with Crippen LogP contribution in [0.25, 0.3) is 0 Å². The first-order valence-electron chi connectivity index (χ1n) is 7.40. The molecular weight excluding hydrogens is 320 g/mol. The van der Waals surface area contributed by atoms with Crippen molar-refractivity contribution >= 4 is 5.91 Å². The number of carbonyl (C=O) groups excluding carboxylic acids is 1. The average Bonchev–Trinajstić information content (AvgIpc) is 2.96. The minimum absolute atomic E-state index is 0.0787. The zero-order chi connectivity index (χ0) is 17.5. The molecule has 1 amide bonds. The van der Waals surface area contributed by atoms with Gasteiger partial charge in [-0.1, -0.05) is 0 Å². The molecule has 0 aliphatic rings. The van der Waals surface area contributed by atoms with E-state index in [9.17, 15) is 13.6 Å². The summed E-state index contributed by atoms with van der Waals surface area (Å²) < 4.78 is 35.7. The number of halogens is 2. The lowest BCUT2D eigenvalue weighted by Crippen LogP contribution is -2.25. The maximum Gasteiger partial charge on any atom is 0.387 e. The SMILES string of the molecule is COc1cc(C(=O)NCCCn2ccc(C)n2)ccc1OC(F)F. The van der Waals surface area contributed by atoms with E-state index in [0.717, 1.165) is 12.1 Å². The minimum atomic E-state index is -2.95. The summed E-state index contributed by atoms with van der Waals surface area (Å²) in [5.41, 5.74) is 1.25. The Morgan fingerprint density at radius 1 is 1.33 bits per heavy atom. The number of ether oxygens (including phenoxy) is 2. The van der Waals surface area contributed by atoms with Crippen LogP contribution in [-0.2, 0) is 6.54 Å². The number of nitrogens with zero attached hydrogens (tertiary/aromatic N) is 2. The maximum atomic E-state index is 12.3. The van der Waals surface area contributed by atoms with Crippen LogP contribution in [0.4, 0.5) is 8.78 Å². The number of aromatic nitrogens is 2. The van der Waals surface area contributed by atoms with Gasteiger partial charge in [-0.05, 0) is 37.6 Å². The molecule has 1 heterocycles. The molecule has 0 atom stereocenters. The van der Waals surface area contributed by atoms with Crippen molar-refractivity contribution in [2.45, 2.75) is 26.5 Å². The summed E-state index contributed by atoms with van der Waals surface area (Å²) in [6, 6.07) is 5.97. The second-order valence-electron chi connectivity index (χ2n) is 5.07. The molecule has 0 saturated heterocycles.